The topological polar surface area (TPSA) is 87.3 Å². The summed E-state index contributed by atoms with van der Waals surface area (Å²) in [7, 11) is 0. The number of hydrogen-bond acceptors (Lipinski definition) is 3. The van der Waals surface area contributed by atoms with Crippen LogP contribution >= 0.6 is 0 Å². The molecule has 6 nitrogen and oxygen atoms in total. The molecular formula is C14H17N3O3. The van der Waals surface area contributed by atoms with E-state index in [0.29, 0.717) is 5.56 Å². The first-order valence-corrected chi connectivity index (χ1v) is 6.46. The maximum atomic E-state index is 11.9. The van der Waals surface area contributed by atoms with E-state index in [-0.39, 0.29) is 6.04 Å². The van der Waals surface area contributed by atoms with Crippen molar-refractivity contribution in [2.75, 3.05) is 0 Å². The molecule has 1 fully saturated rings. The van der Waals surface area contributed by atoms with E-state index in [0.717, 1.165) is 24.0 Å². The van der Waals surface area contributed by atoms with Crippen LogP contribution in [-0.2, 0) is 9.59 Å². The molecule has 3 amide bonds. The second kappa shape index (κ2) is 5.73. The summed E-state index contributed by atoms with van der Waals surface area (Å²) in [6.45, 7) is 3.72. The van der Waals surface area contributed by atoms with Gasteiger partial charge in [-0.1, -0.05) is 12.1 Å². The van der Waals surface area contributed by atoms with Crippen LogP contribution in [-0.4, -0.2) is 23.8 Å². The van der Waals surface area contributed by atoms with Gasteiger partial charge in [0.2, 0.25) is 0 Å². The summed E-state index contributed by atoms with van der Waals surface area (Å²) in [5.41, 5.74) is 6.63. The van der Waals surface area contributed by atoms with Gasteiger partial charge in [-0.3, -0.25) is 25.2 Å². The molecule has 1 aromatic carbocycles. The smallest absolute Gasteiger partial charge is 0.327 e. The maximum Gasteiger partial charge on any atom is 0.327 e. The van der Waals surface area contributed by atoms with E-state index < -0.39 is 17.7 Å². The molecule has 0 saturated heterocycles. The summed E-state index contributed by atoms with van der Waals surface area (Å²) in [5.74, 6) is -2.04. The predicted molar refractivity (Wildman–Crippen MR) is 72.7 cm³/mol. The molecule has 6 heteroatoms. The van der Waals surface area contributed by atoms with E-state index >= 15 is 0 Å². The Morgan fingerprint density at radius 2 is 1.75 bits per heavy atom. The highest BCUT2D eigenvalue weighted by Gasteiger charge is 2.26. The van der Waals surface area contributed by atoms with Gasteiger partial charge >= 0.3 is 11.8 Å². The minimum absolute atomic E-state index is 0.1000. The van der Waals surface area contributed by atoms with Gasteiger partial charge in [0, 0.05) is 11.6 Å². The molecular weight excluding hydrogens is 258 g/mol. The minimum atomic E-state index is -0.865. The fourth-order valence-electron chi connectivity index (χ4n) is 1.71. The van der Waals surface area contributed by atoms with Crippen molar-refractivity contribution in [3.63, 3.8) is 0 Å². The lowest BCUT2D eigenvalue weighted by Gasteiger charge is -2.10. The zero-order valence-electron chi connectivity index (χ0n) is 11.4. The number of carbonyl (C=O) groups is 3. The molecule has 0 spiro atoms. The zero-order valence-corrected chi connectivity index (χ0v) is 11.4. The van der Waals surface area contributed by atoms with Crippen molar-refractivity contribution in [1.82, 2.24) is 16.2 Å². The lowest BCUT2D eigenvalue weighted by molar-refractivity contribution is -0.139. The Morgan fingerprint density at radius 1 is 1.05 bits per heavy atom. The van der Waals surface area contributed by atoms with Crippen LogP contribution in [0.15, 0.2) is 18.2 Å². The third-order valence-corrected chi connectivity index (χ3v) is 3.26. The van der Waals surface area contributed by atoms with Crippen LogP contribution in [0.25, 0.3) is 0 Å². The summed E-state index contributed by atoms with van der Waals surface area (Å²) >= 11 is 0. The SMILES string of the molecule is Cc1cccc(C(=O)NNC(=O)C(=O)NC2CC2)c1C. The van der Waals surface area contributed by atoms with Crippen molar-refractivity contribution in [2.45, 2.75) is 32.7 Å². The van der Waals surface area contributed by atoms with E-state index in [2.05, 4.69) is 16.2 Å². The van der Waals surface area contributed by atoms with Crippen LogP contribution in [0.4, 0.5) is 0 Å². The van der Waals surface area contributed by atoms with E-state index in [1.807, 2.05) is 19.9 Å². The van der Waals surface area contributed by atoms with Gasteiger partial charge in [0.15, 0.2) is 0 Å². The minimum Gasteiger partial charge on any atom is -0.345 e. The quantitative estimate of drug-likeness (QED) is 0.537. The Balaban J connectivity index is 1.89. The van der Waals surface area contributed by atoms with Gasteiger partial charge in [-0.15, -0.1) is 0 Å². The summed E-state index contributed by atoms with van der Waals surface area (Å²) in [6.07, 6.45) is 1.79. The molecule has 0 heterocycles. The van der Waals surface area contributed by atoms with Crippen molar-refractivity contribution < 1.29 is 14.4 Å². The number of benzene rings is 1. The zero-order chi connectivity index (χ0) is 14.7. The van der Waals surface area contributed by atoms with Crippen LogP contribution in [0, 0.1) is 13.8 Å². The van der Waals surface area contributed by atoms with E-state index in [1.54, 1.807) is 12.1 Å². The molecule has 0 aromatic heterocycles. The number of hydrazine groups is 1. The van der Waals surface area contributed by atoms with Crippen LogP contribution in [0.2, 0.25) is 0 Å². The number of carbonyl (C=O) groups excluding carboxylic acids is 3. The number of hydrogen-bond donors (Lipinski definition) is 3. The lowest BCUT2D eigenvalue weighted by atomic mass is 10.0. The van der Waals surface area contributed by atoms with Crippen molar-refractivity contribution in [1.29, 1.82) is 0 Å². The molecule has 0 aliphatic heterocycles. The summed E-state index contributed by atoms with van der Waals surface area (Å²) < 4.78 is 0. The molecule has 106 valence electrons. The van der Waals surface area contributed by atoms with Gasteiger partial charge in [0.05, 0.1) is 0 Å². The number of amides is 3. The molecule has 1 aromatic rings. The van der Waals surface area contributed by atoms with Crippen LogP contribution in [0.5, 0.6) is 0 Å². The maximum absolute atomic E-state index is 11.9. The normalized spacial score (nSPS) is 13.5. The monoisotopic (exact) mass is 275 g/mol. The molecule has 3 N–H and O–H groups in total. The Labute approximate surface area is 116 Å². The molecule has 0 atom stereocenters. The van der Waals surface area contributed by atoms with Gasteiger partial charge in [-0.05, 0) is 43.9 Å². The second-order valence-corrected chi connectivity index (χ2v) is 4.90. The first-order chi connectivity index (χ1) is 9.49. The van der Waals surface area contributed by atoms with Crippen molar-refractivity contribution in [3.05, 3.63) is 34.9 Å². The standard InChI is InChI=1S/C14H17N3O3/c1-8-4-3-5-11(9(8)2)12(18)16-17-14(20)13(19)15-10-6-7-10/h3-5,10H,6-7H2,1-2H3,(H,15,19)(H,16,18)(H,17,20). The fraction of sp³-hybridized carbons (Fsp3) is 0.357. The van der Waals surface area contributed by atoms with Crippen molar-refractivity contribution in [2.24, 2.45) is 0 Å². The average molecular weight is 275 g/mol. The Kier molecular flexibility index (Phi) is 4.02. The molecule has 0 bridgehead atoms. The first-order valence-electron chi connectivity index (χ1n) is 6.46. The number of aryl methyl sites for hydroxylation is 1. The van der Waals surface area contributed by atoms with Crippen molar-refractivity contribution in [3.8, 4) is 0 Å². The Morgan fingerprint density at radius 3 is 2.40 bits per heavy atom. The lowest BCUT2D eigenvalue weighted by Crippen LogP contribution is -2.49. The van der Waals surface area contributed by atoms with Crippen LogP contribution in [0.3, 0.4) is 0 Å². The Bertz CT molecular complexity index is 565. The van der Waals surface area contributed by atoms with Gasteiger partial charge in [0.25, 0.3) is 5.91 Å². The third kappa shape index (κ3) is 3.34. The van der Waals surface area contributed by atoms with Gasteiger partial charge in [-0.25, -0.2) is 0 Å². The largest absolute Gasteiger partial charge is 0.345 e. The summed E-state index contributed by atoms with van der Waals surface area (Å²) in [6, 6.07) is 5.42. The van der Waals surface area contributed by atoms with E-state index in [9.17, 15) is 14.4 Å². The number of nitrogens with one attached hydrogen (secondary N) is 3. The molecule has 1 saturated carbocycles. The van der Waals surface area contributed by atoms with E-state index in [4.69, 9.17) is 0 Å². The van der Waals surface area contributed by atoms with Gasteiger partial charge in [-0.2, -0.15) is 0 Å². The van der Waals surface area contributed by atoms with Gasteiger partial charge < -0.3 is 5.32 Å². The molecule has 20 heavy (non-hydrogen) atoms. The highest BCUT2D eigenvalue weighted by Crippen LogP contribution is 2.18. The molecule has 1 aliphatic rings. The first kappa shape index (κ1) is 14.0. The van der Waals surface area contributed by atoms with Crippen LogP contribution < -0.4 is 16.2 Å². The number of rotatable bonds is 2. The van der Waals surface area contributed by atoms with Crippen LogP contribution in [0.1, 0.15) is 34.3 Å². The second-order valence-electron chi connectivity index (χ2n) is 4.90. The molecule has 0 unspecified atom stereocenters. The fourth-order valence-corrected chi connectivity index (χ4v) is 1.71. The molecule has 1 aliphatic carbocycles. The molecule has 0 radical (unpaired) electrons. The molecule has 2 rings (SSSR count). The Hall–Kier alpha value is -2.37. The summed E-state index contributed by atoms with van der Waals surface area (Å²) in [5, 5.41) is 2.54. The third-order valence-electron chi connectivity index (χ3n) is 3.26. The predicted octanol–water partition coefficient (Wildman–Crippen LogP) is 0.343. The average Bonchev–Trinajstić information content (AvgIpc) is 3.22. The highest BCUT2D eigenvalue weighted by molar-refractivity contribution is 6.35. The van der Waals surface area contributed by atoms with E-state index in [1.165, 1.54) is 0 Å². The summed E-state index contributed by atoms with van der Waals surface area (Å²) in [4.78, 5) is 34.8. The highest BCUT2D eigenvalue weighted by atomic mass is 16.2. The van der Waals surface area contributed by atoms with Gasteiger partial charge in [0.1, 0.15) is 0 Å². The van der Waals surface area contributed by atoms with Crippen molar-refractivity contribution >= 4 is 17.7 Å².